The van der Waals surface area contributed by atoms with Crippen LogP contribution in [-0.4, -0.2) is 24.3 Å². The van der Waals surface area contributed by atoms with Crippen molar-refractivity contribution in [2.75, 3.05) is 7.11 Å². The number of nitro groups is 1. The fraction of sp³-hybridized carbons (Fsp3) is 0.200. The Morgan fingerprint density at radius 2 is 2.13 bits per heavy atom. The molecule has 0 amide bonds. The van der Waals surface area contributed by atoms with Crippen LogP contribution in [0.25, 0.3) is 0 Å². The molecule has 8 nitrogen and oxygen atoms in total. The van der Waals surface area contributed by atoms with Crippen LogP contribution in [0.5, 0.6) is 5.75 Å². The van der Waals surface area contributed by atoms with E-state index < -0.39 is 10.9 Å². The van der Waals surface area contributed by atoms with E-state index >= 15 is 0 Å². The van der Waals surface area contributed by atoms with Crippen LogP contribution in [0, 0.1) is 17.0 Å². The second-order valence-corrected chi connectivity index (χ2v) is 4.56. The lowest BCUT2D eigenvalue weighted by Crippen LogP contribution is -2.01. The van der Waals surface area contributed by atoms with E-state index in [0.29, 0.717) is 17.8 Å². The fourth-order valence-corrected chi connectivity index (χ4v) is 1.95. The van der Waals surface area contributed by atoms with E-state index in [0.717, 1.165) is 6.07 Å². The maximum atomic E-state index is 11.5. The SMILES string of the molecule is COC(=O)c1cc(COc2ccc([N+](=O)[O-])cc2C=O)oc1C. The van der Waals surface area contributed by atoms with Gasteiger partial charge in [-0.15, -0.1) is 0 Å². The molecule has 120 valence electrons. The Hall–Kier alpha value is -3.16. The van der Waals surface area contributed by atoms with Crippen molar-refractivity contribution < 1.29 is 28.4 Å². The summed E-state index contributed by atoms with van der Waals surface area (Å²) in [6.07, 6.45) is 0.468. The van der Waals surface area contributed by atoms with E-state index in [1.165, 1.54) is 25.3 Å². The molecule has 0 atom stereocenters. The van der Waals surface area contributed by atoms with Crippen molar-refractivity contribution in [3.05, 3.63) is 57.0 Å². The molecule has 1 aromatic heterocycles. The van der Waals surface area contributed by atoms with E-state index in [1.807, 2.05) is 0 Å². The predicted octanol–water partition coefficient (Wildman–Crippen LogP) is 2.67. The van der Waals surface area contributed by atoms with Gasteiger partial charge >= 0.3 is 5.97 Å². The van der Waals surface area contributed by atoms with Crippen molar-refractivity contribution in [2.45, 2.75) is 13.5 Å². The summed E-state index contributed by atoms with van der Waals surface area (Å²) in [4.78, 5) is 32.6. The van der Waals surface area contributed by atoms with Gasteiger partial charge in [-0.2, -0.15) is 0 Å². The molecule has 8 heteroatoms. The van der Waals surface area contributed by atoms with Crippen LogP contribution >= 0.6 is 0 Å². The highest BCUT2D eigenvalue weighted by Crippen LogP contribution is 2.24. The van der Waals surface area contributed by atoms with Gasteiger partial charge in [-0.1, -0.05) is 0 Å². The van der Waals surface area contributed by atoms with Crippen LogP contribution in [-0.2, 0) is 11.3 Å². The summed E-state index contributed by atoms with van der Waals surface area (Å²) >= 11 is 0. The van der Waals surface area contributed by atoms with Crippen molar-refractivity contribution in [1.29, 1.82) is 0 Å². The molecule has 0 fully saturated rings. The Labute approximate surface area is 130 Å². The van der Waals surface area contributed by atoms with Crippen molar-refractivity contribution in [2.24, 2.45) is 0 Å². The van der Waals surface area contributed by atoms with Gasteiger partial charge in [0.25, 0.3) is 5.69 Å². The Morgan fingerprint density at radius 3 is 2.74 bits per heavy atom. The molecule has 1 aromatic carbocycles. The minimum absolute atomic E-state index is 0.0452. The number of carbonyl (C=O) groups excluding carboxylic acids is 2. The zero-order valence-corrected chi connectivity index (χ0v) is 12.4. The largest absolute Gasteiger partial charge is 0.485 e. The molecule has 1 heterocycles. The first-order valence-electron chi connectivity index (χ1n) is 6.50. The molecule has 0 saturated carbocycles. The molecule has 2 aromatic rings. The minimum atomic E-state index is -0.602. The zero-order valence-electron chi connectivity index (χ0n) is 12.4. The summed E-state index contributed by atoms with van der Waals surface area (Å²) in [5, 5.41) is 10.7. The van der Waals surface area contributed by atoms with Gasteiger partial charge in [0.1, 0.15) is 29.4 Å². The van der Waals surface area contributed by atoms with E-state index in [4.69, 9.17) is 9.15 Å². The molecule has 0 aliphatic rings. The fourth-order valence-electron chi connectivity index (χ4n) is 1.95. The molecule has 0 saturated heterocycles. The van der Waals surface area contributed by atoms with Crippen LogP contribution in [0.1, 0.15) is 32.2 Å². The third kappa shape index (κ3) is 3.54. The number of carbonyl (C=O) groups is 2. The van der Waals surface area contributed by atoms with E-state index in [-0.39, 0.29) is 29.2 Å². The number of aldehydes is 1. The number of benzene rings is 1. The Balaban J connectivity index is 2.16. The van der Waals surface area contributed by atoms with Crippen LogP contribution in [0.15, 0.2) is 28.7 Å². The lowest BCUT2D eigenvalue weighted by molar-refractivity contribution is -0.384. The van der Waals surface area contributed by atoms with E-state index in [1.54, 1.807) is 6.92 Å². The molecular weight excluding hydrogens is 306 g/mol. The quantitative estimate of drug-likeness (QED) is 0.348. The summed E-state index contributed by atoms with van der Waals surface area (Å²) in [5.74, 6) is 0.397. The molecule has 0 N–H and O–H groups in total. The van der Waals surface area contributed by atoms with Crippen LogP contribution in [0.2, 0.25) is 0 Å². The average Bonchev–Trinajstić information content (AvgIpc) is 2.92. The van der Waals surface area contributed by atoms with Crippen molar-refractivity contribution in [3.63, 3.8) is 0 Å². The maximum Gasteiger partial charge on any atom is 0.341 e. The number of rotatable bonds is 6. The highest BCUT2D eigenvalue weighted by molar-refractivity contribution is 5.90. The number of aryl methyl sites for hydroxylation is 1. The number of nitrogens with zero attached hydrogens (tertiary/aromatic N) is 1. The van der Waals surface area contributed by atoms with Gasteiger partial charge in [0.2, 0.25) is 0 Å². The summed E-state index contributed by atoms with van der Waals surface area (Å²) in [7, 11) is 1.26. The number of non-ortho nitro benzene ring substituents is 1. The highest BCUT2D eigenvalue weighted by atomic mass is 16.6. The first-order valence-corrected chi connectivity index (χ1v) is 6.50. The summed E-state index contributed by atoms with van der Waals surface area (Å²) in [5.41, 5.74) is 0.127. The third-order valence-corrected chi connectivity index (χ3v) is 3.08. The Kier molecular flexibility index (Phi) is 4.75. The first-order chi connectivity index (χ1) is 11.0. The monoisotopic (exact) mass is 319 g/mol. The summed E-state index contributed by atoms with van der Waals surface area (Å²) in [6.45, 7) is 1.56. The lowest BCUT2D eigenvalue weighted by Gasteiger charge is -2.06. The second kappa shape index (κ2) is 6.73. The number of hydrogen-bond donors (Lipinski definition) is 0. The summed E-state index contributed by atoms with van der Waals surface area (Å²) in [6, 6.07) is 5.16. The molecule has 23 heavy (non-hydrogen) atoms. The second-order valence-electron chi connectivity index (χ2n) is 4.56. The number of esters is 1. The van der Waals surface area contributed by atoms with Gasteiger partial charge in [-0.3, -0.25) is 14.9 Å². The van der Waals surface area contributed by atoms with Gasteiger partial charge in [-0.05, 0) is 19.1 Å². The van der Waals surface area contributed by atoms with Gasteiger partial charge in [0.15, 0.2) is 6.29 Å². The molecular formula is C15H13NO7. The van der Waals surface area contributed by atoms with Crippen LogP contribution < -0.4 is 4.74 Å². The molecule has 0 spiro atoms. The molecule has 0 radical (unpaired) electrons. The molecule has 0 aliphatic heterocycles. The van der Waals surface area contributed by atoms with Gasteiger partial charge < -0.3 is 13.9 Å². The van der Waals surface area contributed by atoms with Crippen LogP contribution in [0.3, 0.4) is 0 Å². The summed E-state index contributed by atoms with van der Waals surface area (Å²) < 4.78 is 15.4. The molecule has 0 unspecified atom stereocenters. The zero-order chi connectivity index (χ0) is 17.0. The minimum Gasteiger partial charge on any atom is -0.485 e. The standard InChI is InChI=1S/C15H13NO7/c1-9-13(15(18)21-2)6-12(23-9)8-22-14-4-3-11(16(19)20)5-10(14)7-17/h3-7H,8H2,1-2H3. The van der Waals surface area contributed by atoms with Crippen molar-refractivity contribution >= 4 is 17.9 Å². The number of furan rings is 1. The first kappa shape index (κ1) is 16.2. The van der Waals surface area contributed by atoms with E-state index in [2.05, 4.69) is 4.74 Å². The molecule has 0 aliphatic carbocycles. The number of hydrogen-bond acceptors (Lipinski definition) is 7. The van der Waals surface area contributed by atoms with Gasteiger partial charge in [-0.25, -0.2) is 4.79 Å². The topological polar surface area (TPSA) is 109 Å². The Bertz CT molecular complexity index is 763. The Morgan fingerprint density at radius 1 is 1.39 bits per heavy atom. The molecule has 2 rings (SSSR count). The third-order valence-electron chi connectivity index (χ3n) is 3.08. The normalized spacial score (nSPS) is 10.2. The highest BCUT2D eigenvalue weighted by Gasteiger charge is 2.16. The van der Waals surface area contributed by atoms with Gasteiger partial charge in [0, 0.05) is 12.1 Å². The number of nitro benzene ring substituents is 1. The smallest absolute Gasteiger partial charge is 0.341 e. The average molecular weight is 319 g/mol. The number of ether oxygens (including phenoxy) is 2. The van der Waals surface area contributed by atoms with Crippen LogP contribution in [0.4, 0.5) is 5.69 Å². The lowest BCUT2D eigenvalue weighted by atomic mass is 10.2. The predicted molar refractivity (Wildman–Crippen MR) is 77.6 cm³/mol. The van der Waals surface area contributed by atoms with Gasteiger partial charge in [0.05, 0.1) is 17.6 Å². The maximum absolute atomic E-state index is 11.5. The van der Waals surface area contributed by atoms with Crippen molar-refractivity contribution in [3.8, 4) is 5.75 Å². The van der Waals surface area contributed by atoms with Crippen molar-refractivity contribution in [1.82, 2.24) is 0 Å². The number of methoxy groups -OCH3 is 1. The molecule has 0 bridgehead atoms. The van der Waals surface area contributed by atoms with E-state index in [9.17, 15) is 19.7 Å².